The van der Waals surface area contributed by atoms with Crippen LogP contribution < -0.4 is 5.56 Å². The first-order valence-corrected chi connectivity index (χ1v) is 3.70. The Bertz CT molecular complexity index is 393. The molecule has 0 amide bonds. The van der Waals surface area contributed by atoms with Crippen LogP contribution in [0, 0.1) is 11.3 Å². The monoisotopic (exact) mass is 203 g/mol. The molecule has 1 rings (SSSR count). The van der Waals surface area contributed by atoms with Gasteiger partial charge in [-0.25, -0.2) is 4.68 Å². The topological polar surface area (TPSA) is 58.7 Å². The maximum Gasteiger partial charge on any atom is 0.288 e. The summed E-state index contributed by atoms with van der Waals surface area (Å²) < 4.78 is 0.939. The van der Waals surface area contributed by atoms with Gasteiger partial charge in [0.25, 0.3) is 5.56 Å². The van der Waals surface area contributed by atoms with E-state index in [1.807, 2.05) is 0 Å². The Morgan fingerprint density at radius 2 is 2.33 bits per heavy atom. The van der Waals surface area contributed by atoms with Gasteiger partial charge in [-0.05, 0) is 0 Å². The van der Waals surface area contributed by atoms with Crippen LogP contribution in [0.1, 0.15) is 0 Å². The van der Waals surface area contributed by atoms with Crippen LogP contribution >= 0.6 is 23.2 Å². The summed E-state index contributed by atoms with van der Waals surface area (Å²) in [7, 11) is 0. The van der Waals surface area contributed by atoms with Gasteiger partial charge in [0.05, 0.1) is 17.3 Å². The zero-order valence-corrected chi connectivity index (χ0v) is 7.30. The highest BCUT2D eigenvalue weighted by Crippen LogP contribution is 2.14. The molecule has 1 aromatic heterocycles. The van der Waals surface area contributed by atoms with Crippen molar-refractivity contribution in [2.24, 2.45) is 0 Å². The third-order valence-electron chi connectivity index (χ3n) is 1.16. The predicted molar refractivity (Wildman–Crippen MR) is 44.1 cm³/mol. The first-order chi connectivity index (χ1) is 5.66. The maximum absolute atomic E-state index is 11.1. The summed E-state index contributed by atoms with van der Waals surface area (Å²) in [6.07, 6.45) is 1.22. The molecule has 0 atom stereocenters. The first-order valence-electron chi connectivity index (χ1n) is 2.95. The highest BCUT2D eigenvalue weighted by molar-refractivity contribution is 6.41. The smallest absolute Gasteiger partial charge is 0.266 e. The van der Waals surface area contributed by atoms with Crippen LogP contribution in [0.2, 0.25) is 10.0 Å². The Kier molecular flexibility index (Phi) is 2.69. The standard InChI is InChI=1S/C6H3Cl2N3O/c7-4-3-10-11(2-1-9)6(12)5(4)8/h3H,2H2. The molecule has 6 heteroatoms. The summed E-state index contributed by atoms with van der Waals surface area (Å²) in [5, 5.41) is 11.9. The van der Waals surface area contributed by atoms with Crippen LogP contribution in [-0.4, -0.2) is 9.78 Å². The van der Waals surface area contributed by atoms with Gasteiger partial charge in [0.1, 0.15) is 11.6 Å². The predicted octanol–water partition coefficient (Wildman–Crippen LogP) is 1.07. The molecule has 1 aromatic rings. The van der Waals surface area contributed by atoms with Crippen LogP contribution in [0.25, 0.3) is 0 Å². The quantitative estimate of drug-likeness (QED) is 0.687. The lowest BCUT2D eigenvalue weighted by molar-refractivity contribution is 0.658. The van der Waals surface area contributed by atoms with Crippen LogP contribution in [-0.2, 0) is 6.54 Å². The fraction of sp³-hybridized carbons (Fsp3) is 0.167. The van der Waals surface area contributed by atoms with E-state index in [1.165, 1.54) is 6.20 Å². The number of halogens is 2. The van der Waals surface area contributed by atoms with Crippen molar-refractivity contribution >= 4 is 23.2 Å². The summed E-state index contributed by atoms with van der Waals surface area (Å²) in [4.78, 5) is 11.1. The molecule has 0 bridgehead atoms. The average Bonchev–Trinajstić information content (AvgIpc) is 2.07. The zero-order chi connectivity index (χ0) is 9.14. The van der Waals surface area contributed by atoms with Crippen molar-refractivity contribution in [1.29, 1.82) is 5.26 Å². The van der Waals surface area contributed by atoms with Gasteiger partial charge in [-0.3, -0.25) is 4.79 Å². The van der Waals surface area contributed by atoms with E-state index >= 15 is 0 Å². The molecule has 0 unspecified atom stereocenters. The van der Waals surface area contributed by atoms with E-state index in [2.05, 4.69) is 5.10 Å². The second-order valence-corrected chi connectivity index (χ2v) is 2.71. The zero-order valence-electron chi connectivity index (χ0n) is 5.79. The fourth-order valence-corrected chi connectivity index (χ4v) is 0.895. The van der Waals surface area contributed by atoms with E-state index in [0.29, 0.717) is 0 Å². The minimum Gasteiger partial charge on any atom is -0.266 e. The van der Waals surface area contributed by atoms with Crippen molar-refractivity contribution in [2.45, 2.75) is 6.54 Å². The number of nitriles is 1. The van der Waals surface area contributed by atoms with Crippen molar-refractivity contribution < 1.29 is 0 Å². The van der Waals surface area contributed by atoms with E-state index in [1.54, 1.807) is 6.07 Å². The summed E-state index contributed by atoms with van der Waals surface area (Å²) >= 11 is 11.0. The fourth-order valence-electron chi connectivity index (χ4n) is 0.625. The van der Waals surface area contributed by atoms with E-state index in [4.69, 9.17) is 28.5 Å². The molecular weight excluding hydrogens is 201 g/mol. The number of nitrogens with zero attached hydrogens (tertiary/aromatic N) is 3. The van der Waals surface area contributed by atoms with Crippen molar-refractivity contribution in [3.8, 4) is 6.07 Å². The van der Waals surface area contributed by atoms with Gasteiger partial charge in [-0.2, -0.15) is 10.4 Å². The normalized spacial score (nSPS) is 9.42. The van der Waals surface area contributed by atoms with Crippen molar-refractivity contribution in [1.82, 2.24) is 9.78 Å². The summed E-state index contributed by atoms with van der Waals surface area (Å²) in [5.74, 6) is 0. The van der Waals surface area contributed by atoms with Crippen LogP contribution in [0.3, 0.4) is 0 Å². The Labute approximate surface area is 77.9 Å². The summed E-state index contributed by atoms with van der Waals surface area (Å²) in [5.41, 5.74) is -0.550. The van der Waals surface area contributed by atoms with Gasteiger partial charge in [0, 0.05) is 0 Å². The lowest BCUT2D eigenvalue weighted by Gasteiger charge is -1.98. The van der Waals surface area contributed by atoms with Crippen LogP contribution in [0.4, 0.5) is 0 Å². The molecule has 1 heterocycles. The van der Waals surface area contributed by atoms with Gasteiger partial charge < -0.3 is 0 Å². The molecule has 0 radical (unpaired) electrons. The van der Waals surface area contributed by atoms with E-state index in [-0.39, 0.29) is 16.6 Å². The Morgan fingerprint density at radius 3 is 2.92 bits per heavy atom. The molecule has 4 nitrogen and oxygen atoms in total. The Morgan fingerprint density at radius 1 is 1.67 bits per heavy atom. The maximum atomic E-state index is 11.1. The molecule has 0 aromatic carbocycles. The van der Waals surface area contributed by atoms with Crippen molar-refractivity contribution in [3.05, 3.63) is 26.6 Å². The molecule has 0 spiro atoms. The van der Waals surface area contributed by atoms with Crippen LogP contribution in [0.5, 0.6) is 0 Å². The first kappa shape index (κ1) is 9.04. The molecule has 0 fully saturated rings. The van der Waals surface area contributed by atoms with Crippen molar-refractivity contribution in [3.63, 3.8) is 0 Å². The molecule has 62 valence electrons. The van der Waals surface area contributed by atoms with E-state index < -0.39 is 5.56 Å². The molecule has 0 aliphatic carbocycles. The molecule has 0 saturated heterocycles. The SMILES string of the molecule is N#CCn1ncc(Cl)c(Cl)c1=O. The molecular formula is C6H3Cl2N3O. The number of hydrogen-bond donors (Lipinski definition) is 0. The molecule has 0 saturated carbocycles. The minimum absolute atomic E-state index is 0.0934. The molecule has 0 aliphatic rings. The highest BCUT2D eigenvalue weighted by atomic mass is 35.5. The lowest BCUT2D eigenvalue weighted by Crippen LogP contribution is -2.22. The van der Waals surface area contributed by atoms with Gasteiger partial charge in [0.2, 0.25) is 0 Å². The van der Waals surface area contributed by atoms with E-state index in [0.717, 1.165) is 4.68 Å². The van der Waals surface area contributed by atoms with Gasteiger partial charge >= 0.3 is 0 Å². The minimum atomic E-state index is -0.550. The van der Waals surface area contributed by atoms with Gasteiger partial charge in [-0.15, -0.1) is 0 Å². The molecule has 0 N–H and O–H groups in total. The lowest BCUT2D eigenvalue weighted by atomic mass is 10.5. The third-order valence-corrected chi connectivity index (χ3v) is 1.91. The van der Waals surface area contributed by atoms with Gasteiger partial charge in [-0.1, -0.05) is 23.2 Å². The van der Waals surface area contributed by atoms with Gasteiger partial charge in [0.15, 0.2) is 0 Å². The Hall–Kier alpha value is -1.05. The third kappa shape index (κ3) is 1.58. The largest absolute Gasteiger partial charge is 0.288 e. The molecule has 0 aliphatic heterocycles. The number of hydrogen-bond acceptors (Lipinski definition) is 3. The second-order valence-electron chi connectivity index (χ2n) is 1.93. The second kappa shape index (κ2) is 3.57. The Balaban J connectivity index is 3.29. The summed E-state index contributed by atoms with van der Waals surface area (Å²) in [6.45, 7) is -0.129. The van der Waals surface area contributed by atoms with Crippen molar-refractivity contribution in [2.75, 3.05) is 0 Å². The average molecular weight is 204 g/mol. The number of rotatable bonds is 1. The van der Waals surface area contributed by atoms with Crippen LogP contribution in [0.15, 0.2) is 11.0 Å². The highest BCUT2D eigenvalue weighted by Gasteiger charge is 2.05. The number of aromatic nitrogens is 2. The molecule has 12 heavy (non-hydrogen) atoms. The van der Waals surface area contributed by atoms with E-state index in [9.17, 15) is 4.79 Å². The summed E-state index contributed by atoms with van der Waals surface area (Å²) in [6, 6.07) is 1.77.